The molecule has 2 atom stereocenters. The highest BCUT2D eigenvalue weighted by Crippen LogP contribution is 2.38. The summed E-state index contributed by atoms with van der Waals surface area (Å²) in [4.78, 5) is 29.5. The number of likely N-dealkylation sites (tertiary alicyclic amines) is 1. The van der Waals surface area contributed by atoms with Crippen molar-refractivity contribution in [3.63, 3.8) is 0 Å². The fourth-order valence-corrected chi connectivity index (χ4v) is 4.18. The molecule has 140 valence electrons. The zero-order valence-corrected chi connectivity index (χ0v) is 15.4. The van der Waals surface area contributed by atoms with Crippen molar-refractivity contribution in [2.45, 2.75) is 57.5 Å². The predicted molar refractivity (Wildman–Crippen MR) is 96.7 cm³/mol. The molecule has 2 aliphatic carbocycles. The fourth-order valence-electron chi connectivity index (χ4n) is 4.18. The van der Waals surface area contributed by atoms with E-state index in [-0.39, 0.29) is 41.6 Å². The summed E-state index contributed by atoms with van der Waals surface area (Å²) >= 11 is 0. The lowest BCUT2D eigenvalue weighted by Gasteiger charge is -2.37. The molecule has 0 spiro atoms. The van der Waals surface area contributed by atoms with Crippen molar-refractivity contribution in [3.05, 3.63) is 35.6 Å². The van der Waals surface area contributed by atoms with E-state index in [0.717, 1.165) is 45.1 Å². The zero-order chi connectivity index (χ0) is 18.3. The van der Waals surface area contributed by atoms with Crippen molar-refractivity contribution in [2.75, 3.05) is 13.1 Å². The van der Waals surface area contributed by atoms with Gasteiger partial charge in [-0.2, -0.15) is 0 Å². The van der Waals surface area contributed by atoms with E-state index in [4.69, 9.17) is 0 Å². The minimum Gasteiger partial charge on any atom is -0.342 e. The molecule has 0 bridgehead atoms. The lowest BCUT2D eigenvalue weighted by atomic mass is 9.94. The quantitative estimate of drug-likeness (QED) is 0.808. The molecular formula is C21H27FN2O2. The second kappa shape index (κ2) is 7.01. The molecule has 0 aromatic heterocycles. The van der Waals surface area contributed by atoms with Crippen LogP contribution in [0.1, 0.15) is 57.1 Å². The number of hydrogen-bond donors (Lipinski definition) is 0. The van der Waals surface area contributed by atoms with Crippen LogP contribution >= 0.6 is 0 Å². The molecule has 1 heterocycles. The molecule has 4 rings (SSSR count). The summed E-state index contributed by atoms with van der Waals surface area (Å²) in [7, 11) is 0. The van der Waals surface area contributed by atoms with Gasteiger partial charge in [0.2, 0.25) is 11.8 Å². The van der Waals surface area contributed by atoms with Crippen LogP contribution in [0.5, 0.6) is 0 Å². The molecular weight excluding hydrogens is 331 g/mol. The van der Waals surface area contributed by atoms with Gasteiger partial charge >= 0.3 is 0 Å². The van der Waals surface area contributed by atoms with Gasteiger partial charge in [0, 0.05) is 30.6 Å². The first-order valence-corrected chi connectivity index (χ1v) is 9.91. The van der Waals surface area contributed by atoms with Gasteiger partial charge in [0.15, 0.2) is 0 Å². The molecule has 2 saturated carbocycles. The van der Waals surface area contributed by atoms with Gasteiger partial charge in [-0.3, -0.25) is 9.59 Å². The maximum absolute atomic E-state index is 14.3. The summed E-state index contributed by atoms with van der Waals surface area (Å²) in [5.74, 6) is 0.105. The maximum Gasteiger partial charge on any atom is 0.228 e. The number of nitrogens with zero attached hydrogens (tertiary/aromatic N) is 2. The molecule has 5 heteroatoms. The van der Waals surface area contributed by atoms with E-state index in [1.54, 1.807) is 12.1 Å². The van der Waals surface area contributed by atoms with Gasteiger partial charge in [-0.15, -0.1) is 0 Å². The third-order valence-electron chi connectivity index (χ3n) is 5.98. The normalized spacial score (nSPS) is 24.2. The van der Waals surface area contributed by atoms with Crippen molar-refractivity contribution in [1.82, 2.24) is 9.80 Å². The molecule has 1 aliphatic heterocycles. The van der Waals surface area contributed by atoms with E-state index in [9.17, 15) is 14.0 Å². The van der Waals surface area contributed by atoms with Gasteiger partial charge in [0.1, 0.15) is 5.82 Å². The molecule has 1 saturated heterocycles. The Labute approximate surface area is 154 Å². The monoisotopic (exact) mass is 358 g/mol. The van der Waals surface area contributed by atoms with Crippen molar-refractivity contribution in [1.29, 1.82) is 0 Å². The Balaban J connectivity index is 1.50. The summed E-state index contributed by atoms with van der Waals surface area (Å²) in [6, 6.07) is 6.67. The summed E-state index contributed by atoms with van der Waals surface area (Å²) in [5, 5.41) is 0. The van der Waals surface area contributed by atoms with Crippen LogP contribution in [0, 0.1) is 17.7 Å². The van der Waals surface area contributed by atoms with Gasteiger partial charge in [-0.05, 0) is 51.5 Å². The van der Waals surface area contributed by atoms with Crippen LogP contribution in [0.3, 0.4) is 0 Å². The minimum absolute atomic E-state index is 0.0940. The first kappa shape index (κ1) is 17.5. The second-order valence-corrected chi connectivity index (χ2v) is 8.07. The van der Waals surface area contributed by atoms with E-state index in [1.807, 2.05) is 22.8 Å². The number of piperidine rings is 1. The number of carbonyl (C=O) groups excluding carboxylic acids is 2. The van der Waals surface area contributed by atoms with Crippen LogP contribution in [-0.4, -0.2) is 40.7 Å². The number of rotatable bonds is 5. The number of hydrogen-bond acceptors (Lipinski definition) is 2. The highest BCUT2D eigenvalue weighted by Gasteiger charge is 2.42. The number of halogens is 1. The summed E-state index contributed by atoms with van der Waals surface area (Å²) in [6.45, 7) is 3.22. The van der Waals surface area contributed by atoms with Gasteiger partial charge < -0.3 is 9.80 Å². The molecule has 4 nitrogen and oxygen atoms in total. The fraction of sp³-hybridized carbons (Fsp3) is 0.619. The largest absolute Gasteiger partial charge is 0.342 e. The second-order valence-electron chi connectivity index (χ2n) is 8.07. The molecule has 26 heavy (non-hydrogen) atoms. The van der Waals surface area contributed by atoms with Gasteiger partial charge in [-0.25, -0.2) is 4.39 Å². The summed E-state index contributed by atoms with van der Waals surface area (Å²) in [6.07, 6.45) is 5.66. The molecule has 0 N–H and O–H groups in total. The highest BCUT2D eigenvalue weighted by atomic mass is 19.1. The topological polar surface area (TPSA) is 40.6 Å². The molecule has 2 amide bonds. The van der Waals surface area contributed by atoms with Crippen molar-refractivity contribution < 1.29 is 14.0 Å². The average molecular weight is 358 g/mol. The summed E-state index contributed by atoms with van der Waals surface area (Å²) < 4.78 is 14.3. The first-order valence-electron chi connectivity index (χ1n) is 9.91. The molecule has 2 unspecified atom stereocenters. The highest BCUT2D eigenvalue weighted by molar-refractivity contribution is 5.84. The third-order valence-corrected chi connectivity index (χ3v) is 5.98. The Morgan fingerprint density at radius 3 is 2.50 bits per heavy atom. The Morgan fingerprint density at radius 1 is 1.12 bits per heavy atom. The smallest absolute Gasteiger partial charge is 0.228 e. The van der Waals surface area contributed by atoms with E-state index in [0.29, 0.717) is 12.1 Å². The van der Waals surface area contributed by atoms with E-state index in [1.165, 1.54) is 6.07 Å². The van der Waals surface area contributed by atoms with Crippen LogP contribution < -0.4 is 0 Å². The van der Waals surface area contributed by atoms with Crippen molar-refractivity contribution >= 4 is 11.8 Å². The van der Waals surface area contributed by atoms with Crippen molar-refractivity contribution in [2.24, 2.45) is 11.8 Å². The van der Waals surface area contributed by atoms with Crippen LogP contribution in [0.4, 0.5) is 4.39 Å². The average Bonchev–Trinajstić information content (AvgIpc) is 3.55. The van der Waals surface area contributed by atoms with Gasteiger partial charge in [0.05, 0.1) is 12.0 Å². The number of amides is 2. The van der Waals surface area contributed by atoms with Gasteiger partial charge in [0.25, 0.3) is 0 Å². The molecule has 1 aromatic carbocycles. The van der Waals surface area contributed by atoms with Crippen LogP contribution in [-0.2, 0) is 9.59 Å². The minimum atomic E-state index is -0.272. The Kier molecular flexibility index (Phi) is 4.72. The first-order chi connectivity index (χ1) is 12.6. The maximum atomic E-state index is 14.3. The summed E-state index contributed by atoms with van der Waals surface area (Å²) in [5.41, 5.74) is 0.578. The van der Waals surface area contributed by atoms with Crippen molar-refractivity contribution in [3.8, 4) is 0 Å². The molecule has 1 aromatic rings. The predicted octanol–water partition coefficient (Wildman–Crippen LogP) is 3.53. The van der Waals surface area contributed by atoms with Crippen LogP contribution in [0.2, 0.25) is 0 Å². The molecule has 3 fully saturated rings. The number of carbonyl (C=O) groups is 2. The zero-order valence-electron chi connectivity index (χ0n) is 15.4. The lowest BCUT2D eigenvalue weighted by molar-refractivity contribution is -0.143. The SMILES string of the molecule is CC(c1ccccc1F)N(C(=O)C1CCCN(C(=O)C2CC2)C1)C1CC1. The Bertz CT molecular complexity index is 699. The van der Waals surface area contributed by atoms with E-state index < -0.39 is 0 Å². The van der Waals surface area contributed by atoms with E-state index in [2.05, 4.69) is 0 Å². The van der Waals surface area contributed by atoms with Gasteiger partial charge in [-0.1, -0.05) is 18.2 Å². The van der Waals surface area contributed by atoms with Crippen LogP contribution in [0.25, 0.3) is 0 Å². The lowest BCUT2D eigenvalue weighted by Crippen LogP contribution is -2.48. The Morgan fingerprint density at radius 2 is 1.85 bits per heavy atom. The number of benzene rings is 1. The molecule has 3 aliphatic rings. The van der Waals surface area contributed by atoms with Crippen LogP contribution in [0.15, 0.2) is 24.3 Å². The third kappa shape index (κ3) is 3.49. The Hall–Kier alpha value is -1.91. The molecule has 0 radical (unpaired) electrons. The standard InChI is InChI=1S/C21H27FN2O2/c1-14(18-6-2-3-7-19(18)22)24(17-10-11-17)21(26)16-5-4-12-23(13-16)20(25)15-8-9-15/h2-3,6-7,14-17H,4-5,8-13H2,1H3. The van der Waals surface area contributed by atoms with E-state index >= 15 is 0 Å².